The zero-order valence-electron chi connectivity index (χ0n) is 16.5. The van der Waals surface area contributed by atoms with E-state index in [-0.39, 0.29) is 18.0 Å². The highest BCUT2D eigenvalue weighted by atomic mass is 16.5. The molecule has 0 amide bonds. The van der Waals surface area contributed by atoms with Crippen molar-refractivity contribution in [1.29, 1.82) is 0 Å². The number of benzene rings is 2. The smallest absolute Gasteiger partial charge is 0.306 e. The maximum Gasteiger partial charge on any atom is 0.306 e. The molecule has 3 atom stereocenters. The fourth-order valence-electron chi connectivity index (χ4n) is 4.30. The van der Waals surface area contributed by atoms with Crippen molar-refractivity contribution in [3.8, 4) is 0 Å². The van der Waals surface area contributed by atoms with E-state index in [4.69, 9.17) is 4.74 Å². The van der Waals surface area contributed by atoms with Crippen LogP contribution in [0.15, 0.2) is 60.7 Å². The first kappa shape index (κ1) is 19.7. The molecule has 2 aromatic carbocycles. The summed E-state index contributed by atoms with van der Waals surface area (Å²) in [5.41, 5.74) is 2.56. The standard InChI is InChI=1S/C25H32O2/c1-2-3-12-22(20-13-6-4-7-14-20)19-25(26)27-24-18-11-10-17-23(24)21-15-8-5-9-16-21/h4-9,13-16,22-24H,2-3,10-12,17-19H2,1H3/t22-,23-,24+/m0/s1. The van der Waals surface area contributed by atoms with E-state index in [1.54, 1.807) is 0 Å². The van der Waals surface area contributed by atoms with Gasteiger partial charge in [-0.2, -0.15) is 0 Å². The molecule has 1 aliphatic rings. The van der Waals surface area contributed by atoms with E-state index in [1.165, 1.54) is 17.5 Å². The summed E-state index contributed by atoms with van der Waals surface area (Å²) in [7, 11) is 0. The van der Waals surface area contributed by atoms with Crippen molar-refractivity contribution in [3.63, 3.8) is 0 Å². The molecule has 0 unspecified atom stereocenters. The molecular formula is C25H32O2. The molecule has 0 aliphatic heterocycles. The van der Waals surface area contributed by atoms with Crippen LogP contribution in [0.25, 0.3) is 0 Å². The largest absolute Gasteiger partial charge is 0.462 e. The number of unbranched alkanes of at least 4 members (excludes halogenated alkanes) is 1. The predicted octanol–water partition coefficient (Wildman–Crippen LogP) is 6.62. The summed E-state index contributed by atoms with van der Waals surface area (Å²) in [4.78, 5) is 12.8. The SMILES string of the molecule is CCCC[C@@H](CC(=O)O[C@@H]1CCCC[C@H]1c1ccccc1)c1ccccc1. The molecular weight excluding hydrogens is 332 g/mol. The Labute approximate surface area is 164 Å². The number of carbonyl (C=O) groups is 1. The summed E-state index contributed by atoms with van der Waals surface area (Å²) in [5.74, 6) is 0.569. The van der Waals surface area contributed by atoms with Gasteiger partial charge in [-0.3, -0.25) is 4.79 Å². The molecule has 1 aliphatic carbocycles. The maximum atomic E-state index is 12.8. The molecule has 27 heavy (non-hydrogen) atoms. The first-order chi connectivity index (χ1) is 13.3. The fraction of sp³-hybridized carbons (Fsp3) is 0.480. The average molecular weight is 365 g/mol. The molecule has 1 saturated carbocycles. The van der Waals surface area contributed by atoms with Gasteiger partial charge >= 0.3 is 5.97 Å². The number of hydrogen-bond donors (Lipinski definition) is 0. The van der Waals surface area contributed by atoms with Crippen LogP contribution in [0.3, 0.4) is 0 Å². The topological polar surface area (TPSA) is 26.3 Å². The highest BCUT2D eigenvalue weighted by molar-refractivity contribution is 5.71. The Morgan fingerprint density at radius 3 is 2.37 bits per heavy atom. The van der Waals surface area contributed by atoms with Gasteiger partial charge in [0.25, 0.3) is 0 Å². The van der Waals surface area contributed by atoms with Gasteiger partial charge in [-0.15, -0.1) is 0 Å². The Bertz CT molecular complexity index is 680. The van der Waals surface area contributed by atoms with Gasteiger partial charge in [0.15, 0.2) is 0 Å². The summed E-state index contributed by atoms with van der Waals surface area (Å²) < 4.78 is 6.05. The fourth-order valence-corrected chi connectivity index (χ4v) is 4.30. The molecule has 0 heterocycles. The number of rotatable bonds is 8. The molecule has 2 aromatic rings. The molecule has 1 fully saturated rings. The van der Waals surface area contributed by atoms with Crippen LogP contribution in [0.4, 0.5) is 0 Å². The number of hydrogen-bond acceptors (Lipinski definition) is 2. The van der Waals surface area contributed by atoms with Crippen molar-refractivity contribution in [3.05, 3.63) is 71.8 Å². The monoisotopic (exact) mass is 364 g/mol. The summed E-state index contributed by atoms with van der Waals surface area (Å²) in [6.45, 7) is 2.20. The molecule has 0 N–H and O–H groups in total. The lowest BCUT2D eigenvalue weighted by molar-refractivity contribution is -0.152. The van der Waals surface area contributed by atoms with Crippen LogP contribution in [-0.4, -0.2) is 12.1 Å². The predicted molar refractivity (Wildman–Crippen MR) is 111 cm³/mol. The molecule has 0 bridgehead atoms. The zero-order chi connectivity index (χ0) is 18.9. The van der Waals surface area contributed by atoms with Gasteiger partial charge in [0.05, 0.1) is 6.42 Å². The van der Waals surface area contributed by atoms with Gasteiger partial charge in [0.1, 0.15) is 6.10 Å². The Morgan fingerprint density at radius 2 is 1.67 bits per heavy atom. The maximum absolute atomic E-state index is 12.8. The minimum Gasteiger partial charge on any atom is -0.462 e. The van der Waals surface area contributed by atoms with Gasteiger partial charge < -0.3 is 4.74 Å². The van der Waals surface area contributed by atoms with Crippen LogP contribution in [0, 0.1) is 0 Å². The molecule has 3 rings (SSSR count). The average Bonchev–Trinajstić information content (AvgIpc) is 2.73. The zero-order valence-corrected chi connectivity index (χ0v) is 16.5. The minimum atomic E-state index is -0.0345. The number of carbonyl (C=O) groups excluding carboxylic acids is 1. The van der Waals surface area contributed by atoms with Crippen molar-refractivity contribution >= 4 is 5.97 Å². The molecule has 2 heteroatoms. The normalized spacial score (nSPS) is 20.8. The van der Waals surface area contributed by atoms with E-state index in [2.05, 4.69) is 55.5 Å². The summed E-state index contributed by atoms with van der Waals surface area (Å²) >= 11 is 0. The molecule has 2 nitrogen and oxygen atoms in total. The highest BCUT2D eigenvalue weighted by Crippen LogP contribution is 2.36. The van der Waals surface area contributed by atoms with E-state index in [9.17, 15) is 4.79 Å². The van der Waals surface area contributed by atoms with E-state index in [1.807, 2.05) is 12.1 Å². The second-order valence-corrected chi connectivity index (χ2v) is 7.78. The van der Waals surface area contributed by atoms with Gasteiger partial charge in [-0.25, -0.2) is 0 Å². The van der Waals surface area contributed by atoms with E-state index in [0.29, 0.717) is 12.3 Å². The lowest BCUT2D eigenvalue weighted by atomic mass is 9.81. The molecule has 0 saturated heterocycles. The third-order valence-corrected chi connectivity index (χ3v) is 5.80. The van der Waals surface area contributed by atoms with Crippen LogP contribution >= 0.6 is 0 Å². The van der Waals surface area contributed by atoms with Gasteiger partial charge in [-0.05, 0) is 42.7 Å². The van der Waals surface area contributed by atoms with Crippen molar-refractivity contribution in [2.75, 3.05) is 0 Å². The van der Waals surface area contributed by atoms with E-state index in [0.717, 1.165) is 38.5 Å². The second-order valence-electron chi connectivity index (χ2n) is 7.78. The lowest BCUT2D eigenvalue weighted by Crippen LogP contribution is -2.29. The molecule has 144 valence electrons. The molecule has 0 spiro atoms. The summed E-state index contributed by atoms with van der Waals surface area (Å²) in [6.07, 6.45) is 8.31. The quantitative estimate of drug-likeness (QED) is 0.492. The third kappa shape index (κ3) is 5.69. The van der Waals surface area contributed by atoms with Gasteiger partial charge in [-0.1, -0.05) is 86.8 Å². The van der Waals surface area contributed by atoms with Crippen LogP contribution < -0.4 is 0 Å². The van der Waals surface area contributed by atoms with E-state index >= 15 is 0 Å². The second kappa shape index (κ2) is 10.3. The van der Waals surface area contributed by atoms with Crippen LogP contribution in [-0.2, 0) is 9.53 Å². The van der Waals surface area contributed by atoms with Crippen molar-refractivity contribution in [1.82, 2.24) is 0 Å². The Balaban J connectivity index is 1.65. The van der Waals surface area contributed by atoms with Crippen LogP contribution in [0.1, 0.15) is 81.3 Å². The highest BCUT2D eigenvalue weighted by Gasteiger charge is 2.30. The summed E-state index contributed by atoms with van der Waals surface area (Å²) in [6, 6.07) is 21.0. The van der Waals surface area contributed by atoms with Crippen molar-refractivity contribution in [2.24, 2.45) is 0 Å². The number of esters is 1. The van der Waals surface area contributed by atoms with E-state index < -0.39 is 0 Å². The van der Waals surface area contributed by atoms with Crippen molar-refractivity contribution < 1.29 is 9.53 Å². The van der Waals surface area contributed by atoms with Crippen LogP contribution in [0.2, 0.25) is 0 Å². The Kier molecular flexibility index (Phi) is 7.50. The molecule has 0 aromatic heterocycles. The molecule has 0 radical (unpaired) electrons. The first-order valence-electron chi connectivity index (χ1n) is 10.6. The first-order valence-corrected chi connectivity index (χ1v) is 10.6. The Morgan fingerprint density at radius 1 is 1.00 bits per heavy atom. The van der Waals surface area contributed by atoms with Crippen LogP contribution in [0.5, 0.6) is 0 Å². The third-order valence-electron chi connectivity index (χ3n) is 5.80. The Hall–Kier alpha value is -2.09. The van der Waals surface area contributed by atoms with Gasteiger partial charge in [0.2, 0.25) is 0 Å². The van der Waals surface area contributed by atoms with Gasteiger partial charge in [0, 0.05) is 5.92 Å². The summed E-state index contributed by atoms with van der Waals surface area (Å²) in [5, 5.41) is 0. The minimum absolute atomic E-state index is 0.0243. The van der Waals surface area contributed by atoms with Crippen molar-refractivity contribution in [2.45, 2.75) is 76.2 Å². The lowest BCUT2D eigenvalue weighted by Gasteiger charge is -2.32. The number of ether oxygens (including phenoxy) is 1.